The van der Waals surface area contributed by atoms with Gasteiger partial charge in [0.05, 0.1) is 12.0 Å². The summed E-state index contributed by atoms with van der Waals surface area (Å²) < 4.78 is 0. The second kappa shape index (κ2) is 5.81. The van der Waals surface area contributed by atoms with Crippen molar-refractivity contribution in [3.63, 3.8) is 0 Å². The third-order valence-electron chi connectivity index (χ3n) is 5.77. The molecule has 1 aromatic carbocycles. The van der Waals surface area contributed by atoms with Crippen LogP contribution in [0.1, 0.15) is 57.7 Å². The van der Waals surface area contributed by atoms with Crippen molar-refractivity contribution in [2.24, 2.45) is 17.3 Å². The lowest BCUT2D eigenvalue weighted by Crippen LogP contribution is -2.33. The average Bonchev–Trinajstić information content (AvgIpc) is 2.86. The Kier molecular flexibility index (Phi) is 4.12. The van der Waals surface area contributed by atoms with Gasteiger partial charge >= 0.3 is 0 Å². The fraction of sp³-hybridized carbons (Fsp3) is 0.571. The van der Waals surface area contributed by atoms with Crippen LogP contribution < -0.4 is 0 Å². The number of hydrogen-bond acceptors (Lipinski definition) is 1. The Morgan fingerprint density at radius 1 is 1.26 bits per heavy atom. The molecule has 1 saturated carbocycles. The summed E-state index contributed by atoms with van der Waals surface area (Å²) in [6, 6.07) is 8.79. The summed E-state index contributed by atoms with van der Waals surface area (Å²) in [5.74, 6) is 0.920. The minimum Gasteiger partial charge on any atom is -0.335 e. The van der Waals surface area contributed by atoms with Gasteiger partial charge in [0.15, 0.2) is 0 Å². The molecule has 2 fully saturated rings. The number of hydrogen-bond donors (Lipinski definition) is 0. The van der Waals surface area contributed by atoms with Crippen LogP contribution in [0.15, 0.2) is 35.9 Å². The lowest BCUT2D eigenvalue weighted by Gasteiger charge is -2.27. The molecule has 1 amide bonds. The van der Waals surface area contributed by atoms with Gasteiger partial charge < -0.3 is 4.90 Å². The lowest BCUT2D eigenvalue weighted by atomic mass is 9.99. The van der Waals surface area contributed by atoms with E-state index in [1.165, 1.54) is 16.7 Å². The SMILES string of the molecule is CC(C)=C[C@@H]1[C@@H](C(=O)N2CCC[C@@H]2c2ccccc2C)C1(C)C. The second-order valence-electron chi connectivity index (χ2n) is 8.12. The molecule has 2 aliphatic rings. The molecule has 1 saturated heterocycles. The molecule has 0 unspecified atom stereocenters. The molecule has 124 valence electrons. The molecule has 23 heavy (non-hydrogen) atoms. The van der Waals surface area contributed by atoms with Gasteiger partial charge in [-0.25, -0.2) is 0 Å². The summed E-state index contributed by atoms with van der Waals surface area (Å²) >= 11 is 0. The molecule has 1 aromatic rings. The quantitative estimate of drug-likeness (QED) is 0.727. The average molecular weight is 311 g/mol. The highest BCUT2D eigenvalue weighted by Gasteiger charge is 2.61. The number of aryl methyl sites for hydroxylation is 1. The van der Waals surface area contributed by atoms with Crippen LogP contribution in [0.3, 0.4) is 0 Å². The van der Waals surface area contributed by atoms with Crippen LogP contribution in [0, 0.1) is 24.2 Å². The topological polar surface area (TPSA) is 20.3 Å². The van der Waals surface area contributed by atoms with Gasteiger partial charge in [-0.3, -0.25) is 4.79 Å². The normalized spacial score (nSPS) is 28.6. The van der Waals surface area contributed by atoms with Crippen LogP contribution in [-0.2, 0) is 4.79 Å². The molecular formula is C21H29NO. The summed E-state index contributed by atoms with van der Waals surface area (Å²) in [5, 5.41) is 0. The van der Waals surface area contributed by atoms with E-state index in [1.54, 1.807) is 0 Å². The zero-order valence-electron chi connectivity index (χ0n) is 15.1. The number of carbonyl (C=O) groups is 1. The van der Waals surface area contributed by atoms with Gasteiger partial charge in [0.25, 0.3) is 0 Å². The first-order chi connectivity index (χ1) is 10.8. The number of allylic oxidation sites excluding steroid dienone is 2. The zero-order valence-corrected chi connectivity index (χ0v) is 15.1. The Morgan fingerprint density at radius 2 is 1.96 bits per heavy atom. The van der Waals surface area contributed by atoms with Crippen LogP contribution in [0.4, 0.5) is 0 Å². The van der Waals surface area contributed by atoms with Gasteiger partial charge in [-0.15, -0.1) is 0 Å². The number of likely N-dealkylation sites (tertiary alicyclic amines) is 1. The number of nitrogens with zero attached hydrogens (tertiary/aromatic N) is 1. The maximum atomic E-state index is 13.2. The molecule has 2 heteroatoms. The summed E-state index contributed by atoms with van der Waals surface area (Å²) in [6.07, 6.45) is 4.50. The molecule has 1 aliphatic heterocycles. The second-order valence-corrected chi connectivity index (χ2v) is 8.12. The molecule has 2 nitrogen and oxygen atoms in total. The van der Waals surface area contributed by atoms with Crippen molar-refractivity contribution in [1.29, 1.82) is 0 Å². The van der Waals surface area contributed by atoms with Gasteiger partial charge in [0.2, 0.25) is 5.91 Å². The number of amides is 1. The Balaban J connectivity index is 1.83. The first kappa shape index (κ1) is 16.3. The first-order valence-electron chi connectivity index (χ1n) is 8.85. The van der Waals surface area contributed by atoms with Crippen LogP contribution in [0.25, 0.3) is 0 Å². The molecule has 1 heterocycles. The van der Waals surface area contributed by atoms with E-state index in [1.807, 2.05) is 0 Å². The molecule has 0 aromatic heterocycles. The molecular weight excluding hydrogens is 282 g/mol. The zero-order chi connectivity index (χ0) is 16.8. The van der Waals surface area contributed by atoms with E-state index in [0.717, 1.165) is 19.4 Å². The van der Waals surface area contributed by atoms with Crippen LogP contribution in [0.2, 0.25) is 0 Å². The van der Waals surface area contributed by atoms with Gasteiger partial charge in [-0.2, -0.15) is 0 Å². The van der Waals surface area contributed by atoms with Crippen molar-refractivity contribution in [2.45, 2.75) is 53.5 Å². The van der Waals surface area contributed by atoms with Crippen LogP contribution in [-0.4, -0.2) is 17.4 Å². The highest BCUT2D eigenvalue weighted by Crippen LogP contribution is 2.60. The minimum atomic E-state index is 0.104. The Morgan fingerprint density at radius 3 is 2.61 bits per heavy atom. The predicted octanol–water partition coefficient (Wildman–Crippen LogP) is 4.90. The van der Waals surface area contributed by atoms with E-state index in [2.05, 4.69) is 69.9 Å². The Bertz CT molecular complexity index is 639. The van der Waals surface area contributed by atoms with E-state index < -0.39 is 0 Å². The minimum absolute atomic E-state index is 0.104. The van der Waals surface area contributed by atoms with E-state index in [-0.39, 0.29) is 17.4 Å². The largest absolute Gasteiger partial charge is 0.335 e. The first-order valence-corrected chi connectivity index (χ1v) is 8.85. The van der Waals surface area contributed by atoms with Crippen LogP contribution in [0.5, 0.6) is 0 Å². The summed E-state index contributed by atoms with van der Waals surface area (Å²) in [6.45, 7) is 11.8. The highest BCUT2D eigenvalue weighted by molar-refractivity contribution is 5.84. The maximum absolute atomic E-state index is 13.2. The van der Waals surface area contributed by atoms with Gasteiger partial charge in [0, 0.05) is 6.54 Å². The fourth-order valence-electron chi connectivity index (χ4n) is 4.31. The van der Waals surface area contributed by atoms with Crippen molar-refractivity contribution < 1.29 is 4.79 Å². The number of carbonyl (C=O) groups excluding carboxylic acids is 1. The number of rotatable bonds is 3. The molecule has 3 atom stereocenters. The monoisotopic (exact) mass is 311 g/mol. The van der Waals surface area contributed by atoms with E-state index in [0.29, 0.717) is 11.8 Å². The Labute approximate surface area is 140 Å². The van der Waals surface area contributed by atoms with Crippen molar-refractivity contribution >= 4 is 5.91 Å². The van der Waals surface area contributed by atoms with Gasteiger partial charge in [-0.05, 0) is 56.1 Å². The van der Waals surface area contributed by atoms with Gasteiger partial charge in [0.1, 0.15) is 0 Å². The van der Waals surface area contributed by atoms with Crippen molar-refractivity contribution in [2.75, 3.05) is 6.54 Å². The highest BCUT2D eigenvalue weighted by atomic mass is 16.2. The maximum Gasteiger partial charge on any atom is 0.227 e. The molecule has 3 rings (SSSR count). The molecule has 0 bridgehead atoms. The van der Waals surface area contributed by atoms with Crippen molar-refractivity contribution in [1.82, 2.24) is 4.90 Å². The smallest absolute Gasteiger partial charge is 0.227 e. The molecule has 0 N–H and O–H groups in total. The number of benzene rings is 1. The standard InChI is InChI=1S/C21H29NO/c1-14(2)13-17-19(21(17,4)5)20(23)22-12-8-11-18(22)16-10-7-6-9-15(16)3/h6-7,9-10,13,17-19H,8,11-12H2,1-5H3/t17-,18-,19+/m1/s1. The Hall–Kier alpha value is -1.57. The fourth-order valence-corrected chi connectivity index (χ4v) is 4.31. The van der Waals surface area contributed by atoms with Crippen molar-refractivity contribution in [3.05, 3.63) is 47.0 Å². The van der Waals surface area contributed by atoms with Gasteiger partial charge in [-0.1, -0.05) is 49.8 Å². The van der Waals surface area contributed by atoms with E-state index in [4.69, 9.17) is 0 Å². The molecule has 1 aliphatic carbocycles. The summed E-state index contributed by atoms with van der Waals surface area (Å²) in [4.78, 5) is 15.4. The molecule has 0 radical (unpaired) electrons. The third kappa shape index (κ3) is 2.84. The third-order valence-corrected chi connectivity index (χ3v) is 5.77. The predicted molar refractivity (Wildman–Crippen MR) is 95.1 cm³/mol. The lowest BCUT2D eigenvalue weighted by molar-refractivity contribution is -0.134. The van der Waals surface area contributed by atoms with Crippen molar-refractivity contribution in [3.8, 4) is 0 Å². The molecule has 0 spiro atoms. The summed E-state index contributed by atoms with van der Waals surface area (Å²) in [5.41, 5.74) is 4.05. The summed E-state index contributed by atoms with van der Waals surface area (Å²) in [7, 11) is 0. The van der Waals surface area contributed by atoms with E-state index in [9.17, 15) is 4.79 Å². The van der Waals surface area contributed by atoms with Crippen LogP contribution >= 0.6 is 0 Å². The van der Waals surface area contributed by atoms with E-state index >= 15 is 0 Å².